The van der Waals surface area contributed by atoms with Gasteiger partial charge in [0.25, 0.3) is 12.1 Å². The molecular weight excluding hydrogens is 503 g/mol. The van der Waals surface area contributed by atoms with Crippen molar-refractivity contribution in [2.45, 2.75) is 26.1 Å². The number of benzene rings is 2. The summed E-state index contributed by atoms with van der Waals surface area (Å²) in [5.74, 6) is -0.358. The number of anilines is 2. The van der Waals surface area contributed by atoms with Gasteiger partial charge in [0.05, 0.1) is 16.9 Å². The lowest BCUT2D eigenvalue weighted by Gasteiger charge is -2.11. The molecule has 0 aliphatic heterocycles. The van der Waals surface area contributed by atoms with E-state index in [0.29, 0.717) is 27.0 Å². The van der Waals surface area contributed by atoms with E-state index >= 15 is 0 Å². The first-order valence-electron chi connectivity index (χ1n) is 11.3. The maximum atomic E-state index is 13.2. The number of fused-ring (bicyclic) bond motifs is 1. The molecule has 0 saturated carbocycles. The Kier molecular flexibility index (Phi) is 6.16. The summed E-state index contributed by atoms with van der Waals surface area (Å²) in [5, 5.41) is 7.00. The van der Waals surface area contributed by atoms with Crippen LogP contribution in [-0.2, 0) is 6.18 Å². The van der Waals surface area contributed by atoms with Crippen LogP contribution in [0.1, 0.15) is 35.1 Å². The third-order valence-electron chi connectivity index (χ3n) is 5.75. The molecule has 37 heavy (non-hydrogen) atoms. The van der Waals surface area contributed by atoms with Crippen LogP contribution < -0.4 is 15.7 Å². The molecule has 1 amide bonds. The second kappa shape index (κ2) is 9.32. The molecule has 0 saturated heterocycles. The molecule has 0 radical (unpaired) electrons. The molecule has 0 unspecified atom stereocenters. The average Bonchev–Trinajstić information content (AvgIpc) is 3.48. The van der Waals surface area contributed by atoms with Crippen molar-refractivity contribution in [1.82, 2.24) is 10.3 Å². The van der Waals surface area contributed by atoms with Gasteiger partial charge in [0.2, 0.25) is 5.27 Å². The lowest BCUT2D eigenvalue weighted by molar-refractivity contribution is -0.779. The molecule has 0 atom stereocenters. The summed E-state index contributed by atoms with van der Waals surface area (Å²) >= 11 is 1.09. The van der Waals surface area contributed by atoms with E-state index in [-0.39, 0.29) is 22.5 Å². The minimum atomic E-state index is -4.46. The SMILES string of the molecule is CC(C)[n+]1cc(NC(=O)c2sc3nc(-c4ccccc4)cc(-c4ccc(C(F)(F)F)cc4)c3c2N)on1. The molecule has 11 heteroatoms. The lowest BCUT2D eigenvalue weighted by atomic mass is 9.98. The van der Waals surface area contributed by atoms with Gasteiger partial charge in [-0.1, -0.05) is 42.5 Å². The van der Waals surface area contributed by atoms with Gasteiger partial charge in [-0.3, -0.25) is 14.6 Å². The van der Waals surface area contributed by atoms with Crippen molar-refractivity contribution in [2.75, 3.05) is 11.1 Å². The molecule has 5 rings (SSSR count). The zero-order valence-corrected chi connectivity index (χ0v) is 20.5. The summed E-state index contributed by atoms with van der Waals surface area (Å²) in [4.78, 5) is 18.5. The summed E-state index contributed by atoms with van der Waals surface area (Å²) in [5.41, 5.74) is 8.38. The van der Waals surface area contributed by atoms with Gasteiger partial charge in [-0.15, -0.1) is 11.3 Å². The van der Waals surface area contributed by atoms with Crippen LogP contribution in [0.25, 0.3) is 32.6 Å². The third-order valence-corrected chi connectivity index (χ3v) is 6.84. The van der Waals surface area contributed by atoms with Crippen molar-refractivity contribution in [3.8, 4) is 22.4 Å². The fourth-order valence-corrected chi connectivity index (χ4v) is 4.85. The Morgan fingerprint density at radius 1 is 1.08 bits per heavy atom. The van der Waals surface area contributed by atoms with E-state index in [4.69, 9.17) is 15.2 Å². The minimum absolute atomic E-state index is 0.0377. The van der Waals surface area contributed by atoms with Crippen LogP contribution in [0.4, 0.5) is 24.7 Å². The lowest BCUT2D eigenvalue weighted by Crippen LogP contribution is -2.36. The van der Waals surface area contributed by atoms with Crippen molar-refractivity contribution in [3.05, 3.63) is 77.3 Å². The second-order valence-corrected chi connectivity index (χ2v) is 9.61. The number of hydrogen-bond acceptors (Lipinski definition) is 6. The number of nitrogen functional groups attached to an aromatic ring is 1. The number of nitrogens with two attached hydrogens (primary N) is 1. The van der Waals surface area contributed by atoms with Crippen LogP contribution in [0.2, 0.25) is 0 Å². The molecular formula is C26H21F3N5O2S+. The number of hydrogen-bond donors (Lipinski definition) is 2. The molecule has 7 nitrogen and oxygen atoms in total. The smallest absolute Gasteiger partial charge is 0.397 e. The van der Waals surface area contributed by atoms with E-state index in [1.54, 1.807) is 16.9 Å². The molecule has 0 aliphatic carbocycles. The van der Waals surface area contributed by atoms with Crippen LogP contribution in [0, 0.1) is 0 Å². The topological polar surface area (TPSA) is 97.9 Å². The van der Waals surface area contributed by atoms with Crippen molar-refractivity contribution < 1.29 is 27.2 Å². The predicted octanol–water partition coefficient (Wildman–Crippen LogP) is 6.34. The molecule has 0 fully saturated rings. The molecule has 0 aliphatic rings. The van der Waals surface area contributed by atoms with Crippen LogP contribution in [0.5, 0.6) is 0 Å². The third kappa shape index (κ3) is 4.77. The highest BCUT2D eigenvalue weighted by atomic mass is 32.1. The quantitative estimate of drug-likeness (QED) is 0.262. The summed E-state index contributed by atoms with van der Waals surface area (Å²) in [6, 6.07) is 16.0. The standard InChI is InChI=1S/C26H20F3N5O2S/c1-14(2)34-13-20(36-33-34)32-24(35)23-22(30)21-18(15-8-10-17(11-9-15)26(27,28)29)12-19(31-25(21)37-23)16-6-4-3-5-7-16/h3-14H,1-2H3,(H2-,30,32,33,35)/p+1. The number of amides is 1. The fourth-order valence-electron chi connectivity index (χ4n) is 3.84. The van der Waals surface area contributed by atoms with Crippen LogP contribution >= 0.6 is 11.3 Å². The fraction of sp³-hybridized carbons (Fsp3) is 0.154. The number of nitrogens with one attached hydrogen (secondary N) is 1. The number of rotatable bonds is 5. The number of pyridine rings is 1. The van der Waals surface area contributed by atoms with Crippen molar-refractivity contribution in [2.24, 2.45) is 0 Å². The summed E-state index contributed by atoms with van der Waals surface area (Å²) in [6.45, 7) is 3.83. The molecule has 2 aromatic carbocycles. The van der Waals surface area contributed by atoms with Crippen molar-refractivity contribution >= 4 is 39.0 Å². The second-order valence-electron chi connectivity index (χ2n) is 8.62. The Bertz CT molecular complexity index is 1590. The highest BCUT2D eigenvalue weighted by Crippen LogP contribution is 2.42. The average molecular weight is 525 g/mol. The van der Waals surface area contributed by atoms with Gasteiger partial charge >= 0.3 is 12.1 Å². The maximum Gasteiger partial charge on any atom is 0.416 e. The van der Waals surface area contributed by atoms with E-state index in [1.807, 2.05) is 44.2 Å². The summed E-state index contributed by atoms with van der Waals surface area (Å²) in [6.07, 6.45) is -2.89. The van der Waals surface area contributed by atoms with Crippen molar-refractivity contribution in [3.63, 3.8) is 0 Å². The van der Waals surface area contributed by atoms with Gasteiger partial charge in [-0.25, -0.2) is 4.98 Å². The molecule has 0 bridgehead atoms. The number of nitrogens with zero attached hydrogens (tertiary/aromatic N) is 3. The monoisotopic (exact) mass is 524 g/mol. The van der Waals surface area contributed by atoms with E-state index in [2.05, 4.69) is 10.6 Å². The first-order valence-corrected chi connectivity index (χ1v) is 12.1. The zero-order valence-electron chi connectivity index (χ0n) is 19.7. The van der Waals surface area contributed by atoms with Gasteiger partial charge in [-0.05, 0) is 47.9 Å². The largest absolute Gasteiger partial charge is 0.416 e. The number of halogens is 3. The molecule has 0 spiro atoms. The van der Waals surface area contributed by atoms with Crippen molar-refractivity contribution in [1.29, 1.82) is 0 Å². The Morgan fingerprint density at radius 3 is 2.41 bits per heavy atom. The predicted molar refractivity (Wildman–Crippen MR) is 135 cm³/mol. The maximum absolute atomic E-state index is 13.2. The molecule has 188 valence electrons. The molecule has 5 aromatic rings. The van der Waals surface area contributed by atoms with Gasteiger partial charge in [-0.2, -0.15) is 13.2 Å². The number of aromatic nitrogens is 3. The van der Waals surface area contributed by atoms with E-state index in [1.165, 1.54) is 12.1 Å². The number of carbonyl (C=O) groups excluding carboxylic acids is 1. The van der Waals surface area contributed by atoms with Gasteiger partial charge < -0.3 is 5.73 Å². The van der Waals surface area contributed by atoms with Gasteiger partial charge in [0.15, 0.2) is 6.04 Å². The Labute approximate surface area is 213 Å². The minimum Gasteiger partial charge on any atom is -0.397 e. The molecule has 3 N–H and O–H groups in total. The van der Waals surface area contributed by atoms with Crippen LogP contribution in [0.3, 0.4) is 0 Å². The van der Waals surface area contributed by atoms with Gasteiger partial charge in [0.1, 0.15) is 9.71 Å². The summed E-state index contributed by atoms with van der Waals surface area (Å²) in [7, 11) is 0. The summed E-state index contributed by atoms with van der Waals surface area (Å²) < 4.78 is 46.2. The van der Waals surface area contributed by atoms with E-state index in [9.17, 15) is 18.0 Å². The number of carbonyl (C=O) groups is 1. The Hall–Kier alpha value is -4.25. The normalized spacial score (nSPS) is 11.8. The van der Waals surface area contributed by atoms with Crippen LogP contribution in [-0.4, -0.2) is 16.2 Å². The first kappa shape index (κ1) is 24.4. The van der Waals surface area contributed by atoms with E-state index < -0.39 is 17.6 Å². The zero-order chi connectivity index (χ0) is 26.3. The highest BCUT2D eigenvalue weighted by Gasteiger charge is 2.30. The highest BCUT2D eigenvalue weighted by molar-refractivity contribution is 7.21. The Morgan fingerprint density at radius 2 is 1.78 bits per heavy atom. The van der Waals surface area contributed by atoms with Gasteiger partial charge in [0, 0.05) is 10.9 Å². The molecule has 3 aromatic heterocycles. The molecule has 3 heterocycles. The number of thiophene rings is 1. The van der Waals surface area contributed by atoms with Crippen LogP contribution in [0.15, 0.2) is 71.4 Å². The number of alkyl halides is 3. The Balaban J connectivity index is 1.63. The first-order chi connectivity index (χ1) is 17.6. The van der Waals surface area contributed by atoms with E-state index in [0.717, 1.165) is 29.0 Å².